The molecule has 0 aliphatic carbocycles. The van der Waals surface area contributed by atoms with Crippen molar-refractivity contribution in [3.8, 4) is 5.88 Å². The van der Waals surface area contributed by atoms with Crippen molar-refractivity contribution in [2.75, 3.05) is 25.3 Å². The summed E-state index contributed by atoms with van der Waals surface area (Å²) in [5.74, 6) is 1.10. The molecule has 0 radical (unpaired) electrons. The summed E-state index contributed by atoms with van der Waals surface area (Å²) in [5, 5.41) is 3.20. The van der Waals surface area contributed by atoms with E-state index in [1.54, 1.807) is 26.4 Å². The number of methoxy groups -OCH3 is 2. The van der Waals surface area contributed by atoms with E-state index < -0.39 is 0 Å². The molecule has 0 fully saturated rings. The Bertz CT molecular complexity index is 558. The molecule has 1 heterocycles. The number of anilines is 3. The van der Waals surface area contributed by atoms with Gasteiger partial charge in [0.05, 0.1) is 19.4 Å². The van der Waals surface area contributed by atoms with Crippen LogP contribution in [0.2, 0.25) is 0 Å². The predicted octanol–water partition coefficient (Wildman–Crippen LogP) is 2.56. The minimum Gasteiger partial charge on any atom is -0.479 e. The number of nitrogens with two attached hydrogens (primary N) is 1. The van der Waals surface area contributed by atoms with Crippen molar-refractivity contribution in [2.24, 2.45) is 0 Å². The number of rotatable bonds is 5. The molecule has 0 atom stereocenters. The van der Waals surface area contributed by atoms with E-state index in [4.69, 9.17) is 15.2 Å². The normalized spacial score (nSPS) is 10.2. The average Bonchev–Trinajstić information content (AvgIpc) is 2.42. The Labute approximate surface area is 112 Å². The van der Waals surface area contributed by atoms with Crippen LogP contribution in [0, 0.1) is 0 Å². The van der Waals surface area contributed by atoms with E-state index in [0.29, 0.717) is 24.0 Å². The molecule has 0 saturated heterocycles. The molecular formula is C14H17N3O2. The lowest BCUT2D eigenvalue weighted by Gasteiger charge is -2.09. The van der Waals surface area contributed by atoms with Crippen LogP contribution in [0.15, 0.2) is 36.4 Å². The number of benzene rings is 1. The van der Waals surface area contributed by atoms with Gasteiger partial charge in [-0.25, -0.2) is 0 Å². The summed E-state index contributed by atoms with van der Waals surface area (Å²) in [6, 6.07) is 11.5. The first-order chi connectivity index (χ1) is 9.22. The largest absolute Gasteiger partial charge is 0.479 e. The Morgan fingerprint density at radius 3 is 2.79 bits per heavy atom. The quantitative estimate of drug-likeness (QED) is 0.863. The van der Waals surface area contributed by atoms with Crippen LogP contribution >= 0.6 is 0 Å². The molecule has 0 saturated carbocycles. The third kappa shape index (κ3) is 3.35. The molecule has 2 aromatic rings. The summed E-state index contributed by atoms with van der Waals surface area (Å²) in [5.41, 5.74) is 8.27. The third-order valence-corrected chi connectivity index (χ3v) is 2.59. The molecule has 1 aromatic carbocycles. The lowest BCUT2D eigenvalue weighted by Crippen LogP contribution is -1.99. The Morgan fingerprint density at radius 1 is 1.21 bits per heavy atom. The van der Waals surface area contributed by atoms with Crippen molar-refractivity contribution in [1.82, 2.24) is 4.98 Å². The molecule has 5 nitrogen and oxygen atoms in total. The molecule has 0 amide bonds. The Hall–Kier alpha value is -2.27. The highest BCUT2D eigenvalue weighted by Crippen LogP contribution is 2.23. The molecule has 2 rings (SSSR count). The number of pyridine rings is 1. The van der Waals surface area contributed by atoms with Crippen molar-refractivity contribution < 1.29 is 9.47 Å². The fraction of sp³-hybridized carbons (Fsp3) is 0.214. The number of hydrogen-bond donors (Lipinski definition) is 2. The first-order valence-corrected chi connectivity index (χ1v) is 5.88. The first kappa shape index (κ1) is 13.2. The highest BCUT2D eigenvalue weighted by molar-refractivity contribution is 5.61. The Morgan fingerprint density at radius 2 is 2.05 bits per heavy atom. The van der Waals surface area contributed by atoms with Crippen molar-refractivity contribution >= 4 is 17.2 Å². The van der Waals surface area contributed by atoms with Gasteiger partial charge in [0.15, 0.2) is 0 Å². The summed E-state index contributed by atoms with van der Waals surface area (Å²) in [7, 11) is 3.22. The van der Waals surface area contributed by atoms with Gasteiger partial charge < -0.3 is 20.5 Å². The van der Waals surface area contributed by atoms with Gasteiger partial charge >= 0.3 is 0 Å². The van der Waals surface area contributed by atoms with Crippen LogP contribution in [-0.2, 0) is 11.3 Å². The van der Waals surface area contributed by atoms with Crippen LogP contribution in [0.5, 0.6) is 5.88 Å². The summed E-state index contributed by atoms with van der Waals surface area (Å²) in [6.07, 6.45) is 0. The number of nitrogens with zero attached hydrogens (tertiary/aromatic N) is 1. The summed E-state index contributed by atoms with van der Waals surface area (Å²) in [4.78, 5) is 4.27. The number of nitrogens with one attached hydrogen (secondary N) is 1. The van der Waals surface area contributed by atoms with Crippen LogP contribution in [-0.4, -0.2) is 19.2 Å². The highest BCUT2D eigenvalue weighted by atomic mass is 16.5. The lowest BCUT2D eigenvalue weighted by atomic mass is 10.2. The zero-order valence-corrected chi connectivity index (χ0v) is 11.0. The van der Waals surface area contributed by atoms with Gasteiger partial charge in [-0.05, 0) is 29.8 Å². The van der Waals surface area contributed by atoms with E-state index in [0.717, 1.165) is 11.3 Å². The van der Waals surface area contributed by atoms with Crippen LogP contribution in [0.3, 0.4) is 0 Å². The average molecular weight is 259 g/mol. The van der Waals surface area contributed by atoms with Gasteiger partial charge in [-0.1, -0.05) is 12.1 Å². The second-order valence-corrected chi connectivity index (χ2v) is 4.05. The van der Waals surface area contributed by atoms with Crippen LogP contribution in [0.4, 0.5) is 17.2 Å². The fourth-order valence-corrected chi connectivity index (χ4v) is 1.74. The second kappa shape index (κ2) is 6.06. The van der Waals surface area contributed by atoms with Crippen LogP contribution < -0.4 is 15.8 Å². The van der Waals surface area contributed by atoms with Crippen LogP contribution in [0.25, 0.3) is 0 Å². The monoisotopic (exact) mass is 259 g/mol. The maximum atomic E-state index is 5.73. The molecule has 3 N–H and O–H groups in total. The van der Waals surface area contributed by atoms with E-state index in [2.05, 4.69) is 10.3 Å². The van der Waals surface area contributed by atoms with Gasteiger partial charge in [0, 0.05) is 12.8 Å². The van der Waals surface area contributed by atoms with Gasteiger partial charge in [0.2, 0.25) is 5.88 Å². The van der Waals surface area contributed by atoms with E-state index in [9.17, 15) is 0 Å². The van der Waals surface area contributed by atoms with E-state index in [1.807, 2.05) is 24.3 Å². The molecule has 0 aliphatic heterocycles. The summed E-state index contributed by atoms with van der Waals surface area (Å²) < 4.78 is 10.2. The van der Waals surface area contributed by atoms with Crippen molar-refractivity contribution in [2.45, 2.75) is 6.61 Å². The Kier molecular flexibility index (Phi) is 4.20. The number of nitrogen functional groups attached to an aromatic ring is 1. The van der Waals surface area contributed by atoms with Crippen LogP contribution in [0.1, 0.15) is 5.56 Å². The molecule has 0 unspecified atom stereocenters. The molecular weight excluding hydrogens is 242 g/mol. The van der Waals surface area contributed by atoms with Crippen molar-refractivity contribution in [3.05, 3.63) is 42.0 Å². The molecule has 1 aromatic heterocycles. The topological polar surface area (TPSA) is 69.4 Å². The zero-order chi connectivity index (χ0) is 13.7. The summed E-state index contributed by atoms with van der Waals surface area (Å²) in [6.45, 7) is 0.577. The number of aromatic nitrogens is 1. The molecule has 0 bridgehead atoms. The zero-order valence-electron chi connectivity index (χ0n) is 11.0. The molecule has 100 valence electrons. The Balaban J connectivity index is 2.18. The van der Waals surface area contributed by atoms with E-state index in [-0.39, 0.29) is 0 Å². The maximum absolute atomic E-state index is 5.73. The van der Waals surface area contributed by atoms with Gasteiger partial charge in [-0.2, -0.15) is 4.98 Å². The first-order valence-electron chi connectivity index (χ1n) is 5.88. The van der Waals surface area contributed by atoms with Gasteiger partial charge in [-0.15, -0.1) is 0 Å². The van der Waals surface area contributed by atoms with Gasteiger partial charge in [0.25, 0.3) is 0 Å². The smallest absolute Gasteiger partial charge is 0.238 e. The molecule has 0 spiro atoms. The van der Waals surface area contributed by atoms with Gasteiger partial charge in [0.1, 0.15) is 5.82 Å². The summed E-state index contributed by atoms with van der Waals surface area (Å²) >= 11 is 0. The number of ether oxygens (including phenoxy) is 2. The molecule has 5 heteroatoms. The minimum absolute atomic E-state index is 0.415. The fourth-order valence-electron chi connectivity index (χ4n) is 1.74. The molecule has 19 heavy (non-hydrogen) atoms. The van der Waals surface area contributed by atoms with E-state index >= 15 is 0 Å². The third-order valence-electron chi connectivity index (χ3n) is 2.59. The second-order valence-electron chi connectivity index (χ2n) is 4.05. The number of hydrogen-bond acceptors (Lipinski definition) is 5. The van der Waals surface area contributed by atoms with Crippen molar-refractivity contribution in [3.63, 3.8) is 0 Å². The highest BCUT2D eigenvalue weighted by Gasteiger charge is 2.03. The predicted molar refractivity (Wildman–Crippen MR) is 75.6 cm³/mol. The SMILES string of the molecule is COCc1cccc(Nc2ccc(N)c(OC)n2)c1. The minimum atomic E-state index is 0.415. The standard InChI is InChI=1S/C14H17N3O2/c1-18-9-10-4-3-5-11(8-10)16-13-7-6-12(15)14(17-13)19-2/h3-8H,9,15H2,1-2H3,(H,16,17). The van der Waals surface area contributed by atoms with Gasteiger partial charge in [-0.3, -0.25) is 0 Å². The lowest BCUT2D eigenvalue weighted by molar-refractivity contribution is 0.185. The van der Waals surface area contributed by atoms with Crippen molar-refractivity contribution in [1.29, 1.82) is 0 Å². The van der Waals surface area contributed by atoms with E-state index in [1.165, 1.54) is 0 Å². The molecule has 0 aliphatic rings. The maximum Gasteiger partial charge on any atom is 0.238 e.